The quantitative estimate of drug-likeness (QED) is 0.819. The number of methoxy groups -OCH3 is 1. The highest BCUT2D eigenvalue weighted by Crippen LogP contribution is 2.48. The van der Waals surface area contributed by atoms with Gasteiger partial charge in [-0.2, -0.15) is 5.10 Å². The molecule has 2 N–H and O–H groups in total. The van der Waals surface area contributed by atoms with Crippen LogP contribution in [-0.2, 0) is 9.53 Å². The van der Waals surface area contributed by atoms with E-state index in [9.17, 15) is 9.59 Å². The molecule has 3 rings (SSSR count). The Morgan fingerprint density at radius 1 is 1.24 bits per heavy atom. The van der Waals surface area contributed by atoms with Gasteiger partial charge >= 0.3 is 12.0 Å². The molecule has 2 saturated carbocycles. The van der Waals surface area contributed by atoms with Crippen LogP contribution < -0.4 is 10.6 Å². The average molecular weight is 348 g/mol. The summed E-state index contributed by atoms with van der Waals surface area (Å²) in [6.45, 7) is 7.94. The highest BCUT2D eigenvalue weighted by molar-refractivity contribution is 5.91. The van der Waals surface area contributed by atoms with Gasteiger partial charge < -0.3 is 15.4 Å². The van der Waals surface area contributed by atoms with Crippen LogP contribution in [0.25, 0.3) is 0 Å². The minimum atomic E-state index is -0.277. The van der Waals surface area contributed by atoms with E-state index < -0.39 is 0 Å². The van der Waals surface area contributed by atoms with Crippen molar-refractivity contribution in [3.05, 3.63) is 11.4 Å². The van der Waals surface area contributed by atoms with Crippen LogP contribution in [0, 0.1) is 31.6 Å². The molecule has 7 nitrogen and oxygen atoms in total. The zero-order valence-electron chi connectivity index (χ0n) is 15.6. The van der Waals surface area contributed by atoms with E-state index in [2.05, 4.69) is 29.6 Å². The van der Waals surface area contributed by atoms with Crippen molar-refractivity contribution in [1.82, 2.24) is 15.1 Å². The molecule has 0 aromatic carbocycles. The van der Waals surface area contributed by atoms with Gasteiger partial charge in [0.05, 0.1) is 30.1 Å². The second kappa shape index (κ2) is 6.69. The van der Waals surface area contributed by atoms with Crippen molar-refractivity contribution in [2.75, 3.05) is 12.4 Å². The highest BCUT2D eigenvalue weighted by atomic mass is 16.5. The van der Waals surface area contributed by atoms with Crippen molar-refractivity contribution in [3.8, 4) is 0 Å². The van der Waals surface area contributed by atoms with Crippen molar-refractivity contribution >= 4 is 17.7 Å². The number of carbonyl (C=O) groups is 2. The number of esters is 1. The summed E-state index contributed by atoms with van der Waals surface area (Å²) >= 11 is 0. The predicted molar refractivity (Wildman–Crippen MR) is 94.4 cm³/mol. The number of fused-ring (bicyclic) bond motifs is 2. The maximum absolute atomic E-state index is 12.6. The summed E-state index contributed by atoms with van der Waals surface area (Å²) in [5, 5.41) is 10.5. The number of aryl methyl sites for hydroxylation is 1. The van der Waals surface area contributed by atoms with Gasteiger partial charge in [0, 0.05) is 12.1 Å². The van der Waals surface area contributed by atoms with E-state index in [-0.39, 0.29) is 30.0 Å². The van der Waals surface area contributed by atoms with Gasteiger partial charge in [0.25, 0.3) is 0 Å². The number of nitrogens with one attached hydrogen (secondary N) is 2. The van der Waals surface area contributed by atoms with E-state index in [1.165, 1.54) is 7.11 Å². The normalized spacial score (nSPS) is 27.6. The first-order valence-electron chi connectivity index (χ1n) is 9.04. The number of anilines is 1. The van der Waals surface area contributed by atoms with Crippen LogP contribution in [0.3, 0.4) is 0 Å². The van der Waals surface area contributed by atoms with Gasteiger partial charge in [-0.25, -0.2) is 4.79 Å². The van der Waals surface area contributed by atoms with E-state index in [1.807, 2.05) is 18.5 Å². The molecule has 7 heteroatoms. The number of hydrogen-bond acceptors (Lipinski definition) is 4. The van der Waals surface area contributed by atoms with E-state index in [1.54, 1.807) is 0 Å². The average Bonchev–Trinajstić information content (AvgIpc) is 3.23. The van der Waals surface area contributed by atoms with Crippen molar-refractivity contribution in [3.63, 3.8) is 0 Å². The zero-order chi connectivity index (χ0) is 18.3. The van der Waals surface area contributed by atoms with Gasteiger partial charge in [-0.15, -0.1) is 0 Å². The minimum absolute atomic E-state index is 0.146. The molecular weight excluding hydrogens is 320 g/mol. The molecule has 4 atom stereocenters. The van der Waals surface area contributed by atoms with Gasteiger partial charge in [0.15, 0.2) is 0 Å². The van der Waals surface area contributed by atoms with Crippen molar-refractivity contribution in [2.24, 2.45) is 17.8 Å². The van der Waals surface area contributed by atoms with E-state index >= 15 is 0 Å². The molecule has 2 amide bonds. The number of hydrogen-bond donors (Lipinski definition) is 2. The summed E-state index contributed by atoms with van der Waals surface area (Å²) in [6, 6.07) is -0.195. The van der Waals surface area contributed by atoms with Crippen molar-refractivity contribution < 1.29 is 14.3 Å². The smallest absolute Gasteiger partial charge is 0.319 e. The molecule has 2 bridgehead atoms. The van der Waals surface area contributed by atoms with Crippen molar-refractivity contribution in [2.45, 2.75) is 59.0 Å². The summed E-state index contributed by atoms with van der Waals surface area (Å²) in [6.07, 6.45) is 3.10. The van der Waals surface area contributed by atoms with Crippen LogP contribution in [-0.4, -0.2) is 34.9 Å². The summed E-state index contributed by atoms with van der Waals surface area (Å²) in [4.78, 5) is 24.7. The number of nitrogens with zero attached hydrogens (tertiary/aromatic N) is 2. The Balaban J connectivity index is 1.72. The molecule has 1 aromatic heterocycles. The van der Waals surface area contributed by atoms with Gasteiger partial charge in [0.2, 0.25) is 0 Å². The Morgan fingerprint density at radius 2 is 1.92 bits per heavy atom. The maximum atomic E-state index is 12.6. The van der Waals surface area contributed by atoms with E-state index in [0.29, 0.717) is 11.8 Å². The lowest BCUT2D eigenvalue weighted by Gasteiger charge is -2.29. The molecule has 0 spiro atoms. The van der Waals surface area contributed by atoms with Crippen LogP contribution in [0.15, 0.2) is 0 Å². The largest absolute Gasteiger partial charge is 0.469 e. The summed E-state index contributed by atoms with van der Waals surface area (Å²) < 4.78 is 6.86. The molecule has 0 saturated heterocycles. The molecule has 0 radical (unpaired) electrons. The SMILES string of the molecule is COC(=O)[C@@H]1[C@H]2CC[C@@H](C2)[C@@H]1NC(=O)Nc1c(C)nn(C(C)C)c1C. The summed E-state index contributed by atoms with van der Waals surface area (Å²) in [5.74, 6) is 0.253. The second-order valence-corrected chi connectivity index (χ2v) is 7.59. The van der Waals surface area contributed by atoms with Gasteiger partial charge in [-0.1, -0.05) is 0 Å². The third-order valence-electron chi connectivity index (χ3n) is 5.74. The van der Waals surface area contributed by atoms with Crippen LogP contribution in [0.2, 0.25) is 0 Å². The first-order chi connectivity index (χ1) is 11.8. The summed E-state index contributed by atoms with van der Waals surface area (Å²) in [7, 11) is 1.42. The standard InChI is InChI=1S/C18H28N4O3/c1-9(2)22-11(4)15(10(3)21-22)19-18(24)20-16-13-7-6-12(8-13)14(16)17(23)25-5/h9,12-14,16H,6-8H2,1-5H3,(H2,19,20,24)/t12-,13-,14+,16-/m0/s1. The number of amides is 2. The van der Waals surface area contributed by atoms with Crippen LogP contribution in [0.4, 0.5) is 10.5 Å². The lowest BCUT2D eigenvalue weighted by atomic mass is 9.84. The van der Waals surface area contributed by atoms with Gasteiger partial charge in [0.1, 0.15) is 0 Å². The Kier molecular flexibility index (Phi) is 4.75. The number of carbonyl (C=O) groups excluding carboxylic acids is 2. The fourth-order valence-corrected chi connectivity index (χ4v) is 4.62. The first kappa shape index (κ1) is 17.8. The number of rotatable bonds is 4. The number of ether oxygens (including phenoxy) is 1. The van der Waals surface area contributed by atoms with Crippen LogP contribution >= 0.6 is 0 Å². The maximum Gasteiger partial charge on any atom is 0.319 e. The molecule has 2 aliphatic carbocycles. The van der Waals surface area contributed by atoms with E-state index in [0.717, 1.165) is 36.3 Å². The second-order valence-electron chi connectivity index (χ2n) is 7.59. The monoisotopic (exact) mass is 348 g/mol. The van der Waals surface area contributed by atoms with Gasteiger partial charge in [-0.3, -0.25) is 9.48 Å². The molecule has 1 aromatic rings. The number of aromatic nitrogens is 2. The van der Waals surface area contributed by atoms with Crippen LogP contribution in [0.1, 0.15) is 50.5 Å². The Morgan fingerprint density at radius 3 is 2.52 bits per heavy atom. The van der Waals surface area contributed by atoms with Crippen LogP contribution in [0.5, 0.6) is 0 Å². The first-order valence-corrected chi connectivity index (χ1v) is 9.04. The molecule has 0 aliphatic heterocycles. The molecule has 0 unspecified atom stereocenters. The Labute approximate surface area is 148 Å². The summed E-state index contributed by atoms with van der Waals surface area (Å²) in [5.41, 5.74) is 2.46. The third kappa shape index (κ3) is 3.12. The Bertz CT molecular complexity index is 682. The third-order valence-corrected chi connectivity index (χ3v) is 5.74. The topological polar surface area (TPSA) is 85.2 Å². The lowest BCUT2D eigenvalue weighted by molar-refractivity contribution is -0.148. The molecule has 138 valence electrons. The molecule has 25 heavy (non-hydrogen) atoms. The van der Waals surface area contributed by atoms with Gasteiger partial charge in [-0.05, 0) is 58.8 Å². The molecule has 2 fully saturated rings. The number of urea groups is 1. The zero-order valence-corrected chi connectivity index (χ0v) is 15.6. The molecule has 2 aliphatic rings. The molecule has 1 heterocycles. The minimum Gasteiger partial charge on any atom is -0.469 e. The Hall–Kier alpha value is -2.05. The van der Waals surface area contributed by atoms with Crippen molar-refractivity contribution in [1.29, 1.82) is 0 Å². The fourth-order valence-electron chi connectivity index (χ4n) is 4.62. The fraction of sp³-hybridized carbons (Fsp3) is 0.722. The molecular formula is C18H28N4O3. The van der Waals surface area contributed by atoms with E-state index in [4.69, 9.17) is 4.74 Å². The predicted octanol–water partition coefficient (Wildman–Crippen LogP) is 2.79. The highest BCUT2D eigenvalue weighted by Gasteiger charge is 2.52. The lowest BCUT2D eigenvalue weighted by Crippen LogP contribution is -2.48.